The van der Waals surface area contributed by atoms with E-state index in [-0.39, 0.29) is 29.3 Å². The summed E-state index contributed by atoms with van der Waals surface area (Å²) in [6, 6.07) is 5.15. The van der Waals surface area contributed by atoms with Crippen molar-refractivity contribution in [3.8, 4) is 0 Å². The van der Waals surface area contributed by atoms with Crippen LogP contribution >= 0.6 is 0 Å². The Kier molecular flexibility index (Phi) is 5.97. The molecule has 0 aromatic heterocycles. The van der Waals surface area contributed by atoms with Crippen LogP contribution < -0.4 is 0 Å². The minimum absolute atomic E-state index is 0.0800. The predicted molar refractivity (Wildman–Crippen MR) is 97.5 cm³/mol. The standard InChI is InChI=1S/C19H27FN2O3S/c1-2-17-7-3-4-13-22(17)19(23)15-6-5-12-21(14-15)26(24,25)18-10-8-16(20)9-11-18/h8-11,15,17H,2-7,12-14H2,1H3. The Morgan fingerprint density at radius 1 is 1.12 bits per heavy atom. The maximum absolute atomic E-state index is 13.1. The average Bonchev–Trinajstić information content (AvgIpc) is 2.68. The SMILES string of the molecule is CCC1CCCCN1C(=O)C1CCCN(S(=O)(=O)c2ccc(F)cc2)C1. The summed E-state index contributed by atoms with van der Waals surface area (Å²) < 4.78 is 40.2. The lowest BCUT2D eigenvalue weighted by atomic mass is 9.93. The molecule has 2 atom stereocenters. The van der Waals surface area contributed by atoms with Crippen LogP contribution in [0.5, 0.6) is 0 Å². The quantitative estimate of drug-likeness (QED) is 0.804. The molecule has 2 aliphatic rings. The second-order valence-electron chi connectivity index (χ2n) is 7.25. The van der Waals surface area contributed by atoms with Gasteiger partial charge in [0.2, 0.25) is 15.9 Å². The number of nitrogens with zero attached hydrogens (tertiary/aromatic N) is 2. The van der Waals surface area contributed by atoms with Crippen molar-refractivity contribution in [3.63, 3.8) is 0 Å². The Bertz CT molecular complexity index is 736. The Morgan fingerprint density at radius 3 is 2.54 bits per heavy atom. The molecule has 1 amide bonds. The largest absolute Gasteiger partial charge is 0.339 e. The molecule has 0 N–H and O–H groups in total. The van der Waals surface area contributed by atoms with Crippen molar-refractivity contribution >= 4 is 15.9 Å². The first-order chi connectivity index (χ1) is 12.4. The fourth-order valence-corrected chi connectivity index (χ4v) is 5.59. The van der Waals surface area contributed by atoms with Crippen molar-refractivity contribution in [2.45, 2.75) is 56.4 Å². The number of likely N-dealkylation sites (tertiary alicyclic amines) is 1. The molecule has 0 saturated carbocycles. The molecule has 1 aromatic carbocycles. The van der Waals surface area contributed by atoms with Crippen LogP contribution in [0.25, 0.3) is 0 Å². The van der Waals surface area contributed by atoms with Gasteiger partial charge in [-0.3, -0.25) is 4.79 Å². The first-order valence-electron chi connectivity index (χ1n) is 9.49. The van der Waals surface area contributed by atoms with Gasteiger partial charge >= 0.3 is 0 Å². The van der Waals surface area contributed by atoms with Crippen molar-refractivity contribution in [1.29, 1.82) is 0 Å². The van der Waals surface area contributed by atoms with E-state index in [1.54, 1.807) is 0 Å². The van der Waals surface area contributed by atoms with E-state index < -0.39 is 15.8 Å². The van der Waals surface area contributed by atoms with Gasteiger partial charge in [-0.15, -0.1) is 0 Å². The number of carbonyl (C=O) groups excluding carboxylic acids is 1. The first kappa shape index (κ1) is 19.3. The van der Waals surface area contributed by atoms with Gasteiger partial charge < -0.3 is 4.90 Å². The molecule has 0 aliphatic carbocycles. The molecule has 7 heteroatoms. The normalized spacial score (nSPS) is 25.2. The summed E-state index contributed by atoms with van der Waals surface area (Å²) in [5.41, 5.74) is 0. The van der Waals surface area contributed by atoms with E-state index in [1.807, 2.05) is 4.90 Å². The van der Waals surface area contributed by atoms with Crippen LogP contribution in [-0.2, 0) is 14.8 Å². The molecule has 5 nitrogen and oxygen atoms in total. The number of halogens is 1. The Balaban J connectivity index is 1.74. The molecule has 0 spiro atoms. The number of benzene rings is 1. The van der Waals surface area contributed by atoms with Crippen molar-refractivity contribution in [2.24, 2.45) is 5.92 Å². The molecule has 2 aliphatic heterocycles. The van der Waals surface area contributed by atoms with E-state index in [1.165, 1.54) is 16.4 Å². The number of hydrogen-bond donors (Lipinski definition) is 0. The molecule has 2 unspecified atom stereocenters. The van der Waals surface area contributed by atoms with Crippen molar-refractivity contribution in [2.75, 3.05) is 19.6 Å². The molecule has 0 radical (unpaired) electrons. The van der Waals surface area contributed by atoms with Crippen LogP contribution in [0.15, 0.2) is 29.2 Å². The third kappa shape index (κ3) is 3.93. The number of piperidine rings is 2. The minimum Gasteiger partial charge on any atom is -0.339 e. The third-order valence-corrected chi connectivity index (χ3v) is 7.45. The fraction of sp³-hybridized carbons (Fsp3) is 0.632. The number of sulfonamides is 1. The highest BCUT2D eigenvalue weighted by atomic mass is 32.2. The van der Waals surface area contributed by atoms with Crippen LogP contribution in [0.4, 0.5) is 4.39 Å². The van der Waals surface area contributed by atoms with Gasteiger partial charge in [0.25, 0.3) is 0 Å². The van der Waals surface area contributed by atoms with Crippen molar-refractivity contribution < 1.29 is 17.6 Å². The number of amides is 1. The molecule has 26 heavy (non-hydrogen) atoms. The molecule has 2 saturated heterocycles. The van der Waals surface area contributed by atoms with Crippen LogP contribution in [0.2, 0.25) is 0 Å². The highest BCUT2D eigenvalue weighted by Crippen LogP contribution is 2.28. The Hall–Kier alpha value is -1.47. The van der Waals surface area contributed by atoms with Gasteiger partial charge in [0.1, 0.15) is 5.82 Å². The van der Waals surface area contributed by atoms with Gasteiger partial charge in [-0.05, 0) is 62.8 Å². The number of carbonyl (C=O) groups is 1. The summed E-state index contributed by atoms with van der Waals surface area (Å²) in [6.45, 7) is 3.49. The lowest BCUT2D eigenvalue weighted by Crippen LogP contribution is -2.50. The Morgan fingerprint density at radius 2 is 1.85 bits per heavy atom. The number of hydrogen-bond acceptors (Lipinski definition) is 3. The molecular weight excluding hydrogens is 355 g/mol. The third-order valence-electron chi connectivity index (χ3n) is 5.57. The second-order valence-corrected chi connectivity index (χ2v) is 9.18. The zero-order chi connectivity index (χ0) is 18.7. The zero-order valence-electron chi connectivity index (χ0n) is 15.2. The van der Waals surface area contributed by atoms with Crippen molar-refractivity contribution in [3.05, 3.63) is 30.1 Å². The van der Waals surface area contributed by atoms with E-state index >= 15 is 0 Å². The molecule has 1 aromatic rings. The minimum atomic E-state index is -3.70. The zero-order valence-corrected chi connectivity index (χ0v) is 16.0. The summed E-state index contributed by atoms with van der Waals surface area (Å²) in [6.07, 6.45) is 5.54. The fourth-order valence-electron chi connectivity index (χ4n) is 4.07. The van der Waals surface area contributed by atoms with Crippen LogP contribution in [0, 0.1) is 11.7 Å². The van der Waals surface area contributed by atoms with Crippen LogP contribution in [-0.4, -0.2) is 49.2 Å². The van der Waals surface area contributed by atoms with Gasteiger partial charge in [0, 0.05) is 25.7 Å². The van der Waals surface area contributed by atoms with Gasteiger partial charge in [-0.2, -0.15) is 4.31 Å². The molecule has 0 bridgehead atoms. The highest BCUT2D eigenvalue weighted by Gasteiger charge is 2.37. The van der Waals surface area contributed by atoms with Gasteiger partial charge in [-0.25, -0.2) is 12.8 Å². The van der Waals surface area contributed by atoms with Crippen LogP contribution in [0.1, 0.15) is 45.4 Å². The summed E-state index contributed by atoms with van der Waals surface area (Å²) in [5.74, 6) is -0.659. The maximum atomic E-state index is 13.1. The van der Waals surface area contributed by atoms with E-state index in [4.69, 9.17) is 0 Å². The van der Waals surface area contributed by atoms with Gasteiger partial charge in [0.05, 0.1) is 10.8 Å². The van der Waals surface area contributed by atoms with Gasteiger partial charge in [0.15, 0.2) is 0 Å². The summed E-state index contributed by atoms with van der Waals surface area (Å²) >= 11 is 0. The van der Waals surface area contributed by atoms with Gasteiger partial charge in [-0.1, -0.05) is 6.92 Å². The summed E-state index contributed by atoms with van der Waals surface area (Å²) in [5, 5.41) is 0. The summed E-state index contributed by atoms with van der Waals surface area (Å²) in [7, 11) is -3.70. The lowest BCUT2D eigenvalue weighted by Gasteiger charge is -2.40. The van der Waals surface area contributed by atoms with E-state index in [0.717, 1.165) is 50.8 Å². The number of rotatable bonds is 4. The monoisotopic (exact) mass is 382 g/mol. The highest BCUT2D eigenvalue weighted by molar-refractivity contribution is 7.89. The van der Waals surface area contributed by atoms with E-state index in [0.29, 0.717) is 13.0 Å². The smallest absolute Gasteiger partial charge is 0.243 e. The molecule has 2 heterocycles. The second kappa shape index (κ2) is 8.05. The lowest BCUT2D eigenvalue weighted by molar-refractivity contribution is -0.140. The summed E-state index contributed by atoms with van der Waals surface area (Å²) in [4.78, 5) is 15.1. The van der Waals surface area contributed by atoms with E-state index in [2.05, 4.69) is 6.92 Å². The average molecular weight is 383 g/mol. The first-order valence-corrected chi connectivity index (χ1v) is 10.9. The molecule has 144 valence electrons. The van der Waals surface area contributed by atoms with E-state index in [9.17, 15) is 17.6 Å². The predicted octanol–water partition coefficient (Wildman–Crippen LogP) is 3.02. The van der Waals surface area contributed by atoms with Crippen LogP contribution in [0.3, 0.4) is 0 Å². The molecule has 3 rings (SSSR count). The molecule has 2 fully saturated rings. The topological polar surface area (TPSA) is 57.7 Å². The maximum Gasteiger partial charge on any atom is 0.243 e. The van der Waals surface area contributed by atoms with Crippen molar-refractivity contribution in [1.82, 2.24) is 9.21 Å². The molecular formula is C19H27FN2O3S. The Labute approximate surface area is 155 Å².